The largest absolute Gasteiger partial charge is 0.323 e. The van der Waals surface area contributed by atoms with E-state index in [1.165, 1.54) is 0 Å². The zero-order valence-electron chi connectivity index (χ0n) is 10.5. The molecule has 0 bridgehead atoms. The number of halogens is 1. The Bertz CT molecular complexity index is 561. The molecule has 0 saturated heterocycles. The Balaban J connectivity index is 2.69. The summed E-state index contributed by atoms with van der Waals surface area (Å²) in [6, 6.07) is 8.23. The van der Waals surface area contributed by atoms with Crippen LogP contribution in [0.5, 0.6) is 0 Å². The van der Waals surface area contributed by atoms with Crippen molar-refractivity contribution < 1.29 is 0 Å². The van der Waals surface area contributed by atoms with Gasteiger partial charge in [-0.2, -0.15) is 0 Å². The average Bonchev–Trinajstić information content (AvgIpc) is 2.56. The third-order valence-corrected chi connectivity index (χ3v) is 2.91. The number of hydrogen-bond donors (Lipinski definition) is 0. The Morgan fingerprint density at radius 2 is 2.00 bits per heavy atom. The van der Waals surface area contributed by atoms with Crippen molar-refractivity contribution >= 4 is 27.0 Å². The third kappa shape index (κ3) is 2.44. The van der Waals surface area contributed by atoms with Crippen LogP contribution in [0.4, 0.5) is 0 Å². The number of para-hydroxylation sites is 2. The van der Waals surface area contributed by atoms with Crippen molar-refractivity contribution in [3.8, 4) is 0 Å². The Hall–Kier alpha value is -1.09. The van der Waals surface area contributed by atoms with E-state index in [4.69, 9.17) is 4.98 Å². The van der Waals surface area contributed by atoms with Gasteiger partial charge >= 0.3 is 0 Å². The SMILES string of the molecule is C=C(Br)Cn1c(C(C)(C)C)nc2ccccc21. The highest BCUT2D eigenvalue weighted by Gasteiger charge is 2.22. The van der Waals surface area contributed by atoms with Crippen LogP contribution in [0.25, 0.3) is 11.0 Å². The number of fused-ring (bicyclic) bond motifs is 1. The number of benzene rings is 1. The van der Waals surface area contributed by atoms with E-state index < -0.39 is 0 Å². The quantitative estimate of drug-likeness (QED) is 0.809. The number of aromatic nitrogens is 2. The molecule has 1 heterocycles. The second-order valence-electron chi connectivity index (χ2n) is 5.28. The predicted octanol–water partition coefficient (Wildman–Crippen LogP) is 4.24. The summed E-state index contributed by atoms with van der Waals surface area (Å²) in [5.74, 6) is 1.10. The first-order valence-electron chi connectivity index (χ1n) is 5.68. The van der Waals surface area contributed by atoms with Gasteiger partial charge in [0.25, 0.3) is 0 Å². The van der Waals surface area contributed by atoms with Gasteiger partial charge < -0.3 is 4.57 Å². The summed E-state index contributed by atoms with van der Waals surface area (Å²) in [5.41, 5.74) is 2.24. The van der Waals surface area contributed by atoms with E-state index in [2.05, 4.69) is 60.0 Å². The van der Waals surface area contributed by atoms with E-state index >= 15 is 0 Å². The van der Waals surface area contributed by atoms with Crippen LogP contribution in [-0.4, -0.2) is 9.55 Å². The molecule has 0 radical (unpaired) electrons. The average molecular weight is 293 g/mol. The van der Waals surface area contributed by atoms with Gasteiger partial charge in [0.15, 0.2) is 0 Å². The van der Waals surface area contributed by atoms with Gasteiger partial charge in [-0.05, 0) is 12.1 Å². The van der Waals surface area contributed by atoms with Gasteiger partial charge in [-0.1, -0.05) is 55.4 Å². The lowest BCUT2D eigenvalue weighted by atomic mass is 9.95. The van der Waals surface area contributed by atoms with E-state index in [0.29, 0.717) is 0 Å². The lowest BCUT2D eigenvalue weighted by molar-refractivity contribution is 0.518. The molecule has 0 aliphatic carbocycles. The van der Waals surface area contributed by atoms with Crippen molar-refractivity contribution in [1.82, 2.24) is 9.55 Å². The van der Waals surface area contributed by atoms with Gasteiger partial charge in [-0.25, -0.2) is 4.98 Å². The smallest absolute Gasteiger partial charge is 0.115 e. The summed E-state index contributed by atoms with van der Waals surface area (Å²) in [6.45, 7) is 11.2. The molecule has 0 fully saturated rings. The Morgan fingerprint density at radius 3 is 2.59 bits per heavy atom. The molecule has 0 amide bonds. The standard InChI is InChI=1S/C14H17BrN2/c1-10(15)9-17-12-8-6-5-7-11(12)16-13(17)14(2,3)4/h5-8H,1,9H2,2-4H3. The molecule has 0 unspecified atom stereocenters. The van der Waals surface area contributed by atoms with E-state index in [1.807, 2.05) is 12.1 Å². The van der Waals surface area contributed by atoms with Crippen LogP contribution >= 0.6 is 15.9 Å². The van der Waals surface area contributed by atoms with Crippen molar-refractivity contribution in [2.45, 2.75) is 32.7 Å². The number of rotatable bonds is 2. The number of nitrogens with zero attached hydrogens (tertiary/aromatic N) is 2. The van der Waals surface area contributed by atoms with E-state index in [9.17, 15) is 0 Å². The molecule has 0 aliphatic heterocycles. The summed E-state index contributed by atoms with van der Waals surface area (Å²) in [6.07, 6.45) is 0. The molecule has 0 spiro atoms. The minimum atomic E-state index is 0.0292. The molecular weight excluding hydrogens is 276 g/mol. The molecule has 2 rings (SSSR count). The highest BCUT2D eigenvalue weighted by molar-refractivity contribution is 9.11. The van der Waals surface area contributed by atoms with Crippen LogP contribution in [0.3, 0.4) is 0 Å². The van der Waals surface area contributed by atoms with Crippen LogP contribution in [0.2, 0.25) is 0 Å². The van der Waals surface area contributed by atoms with Gasteiger partial charge in [0.05, 0.1) is 17.6 Å². The second-order valence-corrected chi connectivity index (χ2v) is 6.40. The normalized spacial score (nSPS) is 12.0. The summed E-state index contributed by atoms with van der Waals surface area (Å²) in [4.78, 5) is 4.74. The molecule has 17 heavy (non-hydrogen) atoms. The second kappa shape index (κ2) is 4.30. The summed E-state index contributed by atoms with van der Waals surface area (Å²) in [7, 11) is 0. The van der Waals surface area contributed by atoms with Gasteiger partial charge in [0.2, 0.25) is 0 Å². The summed E-state index contributed by atoms with van der Waals surface area (Å²) >= 11 is 3.44. The molecule has 1 aromatic carbocycles. The molecule has 90 valence electrons. The zero-order valence-corrected chi connectivity index (χ0v) is 12.1. The van der Waals surface area contributed by atoms with Crippen molar-refractivity contribution in [3.63, 3.8) is 0 Å². The fourth-order valence-corrected chi connectivity index (χ4v) is 2.23. The first kappa shape index (κ1) is 12.4. The molecular formula is C14H17BrN2. The van der Waals surface area contributed by atoms with Crippen LogP contribution in [0.1, 0.15) is 26.6 Å². The Morgan fingerprint density at radius 1 is 1.35 bits per heavy atom. The number of imidazole rings is 1. The molecule has 2 aromatic rings. The van der Waals surface area contributed by atoms with E-state index in [1.54, 1.807) is 0 Å². The molecule has 0 saturated carbocycles. The topological polar surface area (TPSA) is 17.8 Å². The van der Waals surface area contributed by atoms with Gasteiger partial charge in [0, 0.05) is 9.90 Å². The molecule has 0 aliphatic rings. The van der Waals surface area contributed by atoms with Crippen LogP contribution < -0.4 is 0 Å². The molecule has 0 N–H and O–H groups in total. The molecule has 1 aromatic heterocycles. The maximum absolute atomic E-state index is 4.74. The highest BCUT2D eigenvalue weighted by Crippen LogP contribution is 2.27. The first-order valence-corrected chi connectivity index (χ1v) is 6.48. The Labute approximate surface area is 110 Å². The molecule has 3 heteroatoms. The van der Waals surface area contributed by atoms with Crippen LogP contribution in [-0.2, 0) is 12.0 Å². The summed E-state index contributed by atoms with van der Waals surface area (Å²) in [5, 5.41) is 0. The molecule has 0 atom stereocenters. The third-order valence-electron chi connectivity index (χ3n) is 2.66. The Kier molecular flexibility index (Phi) is 3.13. The fourth-order valence-electron chi connectivity index (χ4n) is 1.98. The van der Waals surface area contributed by atoms with Crippen LogP contribution in [0, 0.1) is 0 Å². The maximum atomic E-state index is 4.74. The van der Waals surface area contributed by atoms with Crippen molar-refractivity contribution in [3.05, 3.63) is 41.2 Å². The van der Waals surface area contributed by atoms with Crippen molar-refractivity contribution in [2.24, 2.45) is 0 Å². The van der Waals surface area contributed by atoms with Gasteiger partial charge in [0.1, 0.15) is 5.82 Å². The van der Waals surface area contributed by atoms with E-state index in [-0.39, 0.29) is 5.41 Å². The first-order chi connectivity index (χ1) is 7.89. The lowest BCUT2D eigenvalue weighted by Crippen LogP contribution is -2.19. The van der Waals surface area contributed by atoms with Gasteiger partial charge in [-0.15, -0.1) is 0 Å². The molecule has 2 nitrogen and oxygen atoms in total. The van der Waals surface area contributed by atoms with Crippen LogP contribution in [0.15, 0.2) is 35.3 Å². The fraction of sp³-hybridized carbons (Fsp3) is 0.357. The minimum absolute atomic E-state index is 0.0292. The summed E-state index contributed by atoms with van der Waals surface area (Å²) < 4.78 is 3.19. The zero-order chi connectivity index (χ0) is 12.6. The number of allylic oxidation sites excluding steroid dienone is 1. The van der Waals surface area contributed by atoms with Crippen molar-refractivity contribution in [1.29, 1.82) is 0 Å². The van der Waals surface area contributed by atoms with E-state index in [0.717, 1.165) is 27.9 Å². The van der Waals surface area contributed by atoms with Gasteiger partial charge in [-0.3, -0.25) is 0 Å². The highest BCUT2D eigenvalue weighted by atomic mass is 79.9. The minimum Gasteiger partial charge on any atom is -0.323 e. The lowest BCUT2D eigenvalue weighted by Gasteiger charge is -2.20. The number of hydrogen-bond acceptors (Lipinski definition) is 1. The van der Waals surface area contributed by atoms with Crippen molar-refractivity contribution in [2.75, 3.05) is 0 Å². The monoisotopic (exact) mass is 292 g/mol. The predicted molar refractivity (Wildman–Crippen MR) is 76.5 cm³/mol. The maximum Gasteiger partial charge on any atom is 0.115 e.